The van der Waals surface area contributed by atoms with Crippen molar-refractivity contribution in [1.29, 1.82) is 0 Å². The minimum atomic E-state index is -1.02. The average molecular weight is 140 g/mol. The summed E-state index contributed by atoms with van der Waals surface area (Å²) in [5.74, 6) is 2.36. The lowest BCUT2D eigenvalue weighted by molar-refractivity contribution is -0.181. The first-order valence-corrected chi connectivity index (χ1v) is 3.30. The van der Waals surface area contributed by atoms with Gasteiger partial charge in [0.2, 0.25) is 0 Å². The van der Waals surface area contributed by atoms with Crippen molar-refractivity contribution in [2.45, 2.75) is 19.4 Å². The zero-order valence-electron chi connectivity index (χ0n) is 6.35. The molecule has 0 aromatic rings. The van der Waals surface area contributed by atoms with Crippen LogP contribution >= 0.6 is 0 Å². The SMILES string of the molecule is C#CC(C)(O)C1(C)COC1. The van der Waals surface area contributed by atoms with Gasteiger partial charge in [-0.2, -0.15) is 0 Å². The van der Waals surface area contributed by atoms with Crippen LogP contribution in [0.15, 0.2) is 0 Å². The third-order valence-electron chi connectivity index (χ3n) is 2.30. The molecule has 2 nitrogen and oxygen atoms in total. The van der Waals surface area contributed by atoms with E-state index >= 15 is 0 Å². The first-order valence-electron chi connectivity index (χ1n) is 3.30. The van der Waals surface area contributed by atoms with Gasteiger partial charge in [-0.25, -0.2) is 0 Å². The molecule has 2 heteroatoms. The van der Waals surface area contributed by atoms with E-state index in [2.05, 4.69) is 5.92 Å². The number of rotatable bonds is 1. The van der Waals surface area contributed by atoms with E-state index in [1.165, 1.54) is 0 Å². The van der Waals surface area contributed by atoms with E-state index in [-0.39, 0.29) is 5.41 Å². The molecule has 1 aliphatic rings. The highest BCUT2D eigenvalue weighted by atomic mass is 16.5. The van der Waals surface area contributed by atoms with Gasteiger partial charge in [-0.3, -0.25) is 0 Å². The van der Waals surface area contributed by atoms with Crippen LogP contribution in [0.2, 0.25) is 0 Å². The summed E-state index contributed by atoms with van der Waals surface area (Å²) >= 11 is 0. The lowest BCUT2D eigenvalue weighted by Crippen LogP contribution is -2.55. The van der Waals surface area contributed by atoms with Crippen LogP contribution in [0.5, 0.6) is 0 Å². The summed E-state index contributed by atoms with van der Waals surface area (Å²) in [6, 6.07) is 0. The summed E-state index contributed by atoms with van der Waals surface area (Å²) in [4.78, 5) is 0. The first-order chi connectivity index (χ1) is 4.52. The monoisotopic (exact) mass is 140 g/mol. The van der Waals surface area contributed by atoms with E-state index in [9.17, 15) is 5.11 Å². The van der Waals surface area contributed by atoms with Crippen LogP contribution in [0.4, 0.5) is 0 Å². The molecule has 1 saturated heterocycles. The fraction of sp³-hybridized carbons (Fsp3) is 0.750. The molecule has 1 heterocycles. The molecule has 0 bridgehead atoms. The van der Waals surface area contributed by atoms with Crippen molar-refractivity contribution in [3.05, 3.63) is 0 Å². The standard InChI is InChI=1S/C8H12O2/c1-4-8(3,9)7(2)5-10-6-7/h1,9H,5-6H2,2-3H3. The Bertz CT molecular complexity index is 172. The van der Waals surface area contributed by atoms with E-state index in [1.54, 1.807) is 6.92 Å². The Labute approximate surface area is 61.2 Å². The van der Waals surface area contributed by atoms with Gasteiger partial charge in [0.15, 0.2) is 0 Å². The molecule has 1 rings (SSSR count). The van der Waals surface area contributed by atoms with E-state index in [0.29, 0.717) is 13.2 Å². The maximum Gasteiger partial charge on any atom is 0.132 e. The van der Waals surface area contributed by atoms with Gasteiger partial charge in [-0.05, 0) is 6.92 Å². The molecule has 0 aromatic carbocycles. The van der Waals surface area contributed by atoms with Crippen LogP contribution in [-0.2, 0) is 4.74 Å². The zero-order chi connectivity index (χ0) is 7.83. The van der Waals surface area contributed by atoms with Gasteiger partial charge in [0.05, 0.1) is 18.6 Å². The molecule has 0 saturated carbocycles. The summed E-state index contributed by atoms with van der Waals surface area (Å²) in [6.45, 7) is 4.69. The first kappa shape index (κ1) is 7.59. The number of terminal acetylenes is 1. The fourth-order valence-electron chi connectivity index (χ4n) is 0.864. The van der Waals surface area contributed by atoms with Gasteiger partial charge in [0, 0.05) is 0 Å². The second-order valence-electron chi connectivity index (χ2n) is 3.27. The molecular weight excluding hydrogens is 128 g/mol. The highest BCUT2D eigenvalue weighted by Crippen LogP contribution is 2.37. The molecule has 56 valence electrons. The summed E-state index contributed by atoms with van der Waals surface area (Å²) in [5.41, 5.74) is -1.26. The van der Waals surface area contributed by atoms with Crippen molar-refractivity contribution in [1.82, 2.24) is 0 Å². The molecule has 1 atom stereocenters. The maximum absolute atomic E-state index is 9.59. The van der Waals surface area contributed by atoms with Crippen LogP contribution in [0.25, 0.3) is 0 Å². The summed E-state index contributed by atoms with van der Waals surface area (Å²) in [7, 11) is 0. The normalized spacial score (nSPS) is 27.8. The molecule has 1 fully saturated rings. The third-order valence-corrected chi connectivity index (χ3v) is 2.30. The Morgan fingerprint density at radius 3 is 2.30 bits per heavy atom. The number of hydrogen-bond donors (Lipinski definition) is 1. The minimum Gasteiger partial charge on any atom is -0.380 e. The van der Waals surface area contributed by atoms with Crippen molar-refractivity contribution < 1.29 is 9.84 Å². The van der Waals surface area contributed by atoms with Gasteiger partial charge in [0.25, 0.3) is 0 Å². The van der Waals surface area contributed by atoms with Crippen molar-refractivity contribution in [2.75, 3.05) is 13.2 Å². The number of ether oxygens (including phenoxy) is 1. The Hall–Kier alpha value is -0.520. The fourth-order valence-corrected chi connectivity index (χ4v) is 0.864. The summed E-state index contributed by atoms with van der Waals surface area (Å²) in [6.07, 6.45) is 5.15. The summed E-state index contributed by atoms with van der Waals surface area (Å²) in [5, 5.41) is 9.59. The second-order valence-corrected chi connectivity index (χ2v) is 3.27. The van der Waals surface area contributed by atoms with Gasteiger partial charge in [0.1, 0.15) is 5.60 Å². The van der Waals surface area contributed by atoms with Crippen LogP contribution in [0, 0.1) is 17.8 Å². The van der Waals surface area contributed by atoms with Crippen molar-refractivity contribution >= 4 is 0 Å². The smallest absolute Gasteiger partial charge is 0.132 e. The molecule has 0 aliphatic carbocycles. The Kier molecular flexibility index (Phi) is 1.50. The molecule has 1 N–H and O–H groups in total. The molecule has 1 aliphatic heterocycles. The van der Waals surface area contributed by atoms with Gasteiger partial charge in [-0.1, -0.05) is 12.8 Å². The van der Waals surface area contributed by atoms with E-state index in [1.807, 2.05) is 6.92 Å². The van der Waals surface area contributed by atoms with Crippen molar-refractivity contribution in [3.63, 3.8) is 0 Å². The summed E-state index contributed by atoms with van der Waals surface area (Å²) < 4.78 is 4.97. The third kappa shape index (κ3) is 0.828. The predicted octanol–water partition coefficient (Wildman–Crippen LogP) is 0.407. The zero-order valence-corrected chi connectivity index (χ0v) is 6.35. The van der Waals surface area contributed by atoms with Gasteiger partial charge < -0.3 is 9.84 Å². The highest BCUT2D eigenvalue weighted by Gasteiger charge is 2.48. The molecule has 0 spiro atoms. The Balaban J connectivity index is 2.73. The van der Waals surface area contributed by atoms with Crippen molar-refractivity contribution in [3.8, 4) is 12.3 Å². The molecule has 10 heavy (non-hydrogen) atoms. The van der Waals surface area contributed by atoms with Gasteiger partial charge >= 0.3 is 0 Å². The number of aliphatic hydroxyl groups is 1. The molecular formula is C8H12O2. The second kappa shape index (κ2) is 1.98. The molecule has 0 aromatic heterocycles. The van der Waals surface area contributed by atoms with E-state index < -0.39 is 5.60 Å². The van der Waals surface area contributed by atoms with Crippen LogP contribution < -0.4 is 0 Å². The number of hydrogen-bond acceptors (Lipinski definition) is 2. The predicted molar refractivity (Wildman–Crippen MR) is 38.4 cm³/mol. The highest BCUT2D eigenvalue weighted by molar-refractivity contribution is 5.15. The molecule has 0 amide bonds. The van der Waals surface area contributed by atoms with Crippen LogP contribution in [0.3, 0.4) is 0 Å². The van der Waals surface area contributed by atoms with Gasteiger partial charge in [-0.15, -0.1) is 6.42 Å². The van der Waals surface area contributed by atoms with Crippen molar-refractivity contribution in [2.24, 2.45) is 5.41 Å². The van der Waals surface area contributed by atoms with Crippen LogP contribution in [-0.4, -0.2) is 23.9 Å². The van der Waals surface area contributed by atoms with E-state index in [0.717, 1.165) is 0 Å². The largest absolute Gasteiger partial charge is 0.380 e. The quantitative estimate of drug-likeness (QED) is 0.534. The average Bonchev–Trinajstić information content (AvgIpc) is 1.82. The lowest BCUT2D eigenvalue weighted by Gasteiger charge is -2.45. The molecule has 0 radical (unpaired) electrons. The molecule has 1 unspecified atom stereocenters. The Morgan fingerprint density at radius 1 is 1.70 bits per heavy atom. The topological polar surface area (TPSA) is 29.5 Å². The lowest BCUT2D eigenvalue weighted by atomic mass is 9.73. The Morgan fingerprint density at radius 2 is 2.20 bits per heavy atom. The maximum atomic E-state index is 9.59. The van der Waals surface area contributed by atoms with Crippen LogP contribution in [0.1, 0.15) is 13.8 Å². The van der Waals surface area contributed by atoms with E-state index in [4.69, 9.17) is 11.2 Å². The minimum absolute atomic E-state index is 0.234.